The molecule has 0 saturated carbocycles. The van der Waals surface area contributed by atoms with E-state index < -0.39 is 20.5 Å². The molecular weight excluding hydrogens is 314 g/mol. The molecule has 0 heterocycles. The van der Waals surface area contributed by atoms with Crippen LogP contribution in [-0.4, -0.2) is 13.3 Å². The van der Waals surface area contributed by atoms with Crippen LogP contribution < -0.4 is 0 Å². The number of rotatable bonds is 4. The van der Waals surface area contributed by atoms with Gasteiger partial charge in [0.15, 0.2) is 0 Å². The fourth-order valence-corrected chi connectivity index (χ4v) is 2.96. The van der Waals surface area contributed by atoms with Gasteiger partial charge in [0.2, 0.25) is 9.84 Å². The van der Waals surface area contributed by atoms with E-state index >= 15 is 0 Å². The average Bonchev–Trinajstić information content (AvgIpc) is 2.46. The number of sulfone groups is 1. The Balaban J connectivity index is 2.52. The summed E-state index contributed by atoms with van der Waals surface area (Å²) < 4.78 is 24.4. The molecule has 5 nitrogen and oxygen atoms in total. The summed E-state index contributed by atoms with van der Waals surface area (Å²) in [6.45, 7) is 0. The van der Waals surface area contributed by atoms with Gasteiger partial charge in [0.25, 0.3) is 5.70 Å². The predicted molar refractivity (Wildman–Crippen MR) is 80.1 cm³/mol. The van der Waals surface area contributed by atoms with E-state index in [0.29, 0.717) is 10.4 Å². The Morgan fingerprint density at radius 1 is 1.05 bits per heavy atom. The highest BCUT2D eigenvalue weighted by molar-refractivity contribution is 7.94. The molecule has 0 aromatic heterocycles. The van der Waals surface area contributed by atoms with Crippen LogP contribution in [0.4, 0.5) is 0 Å². The van der Waals surface area contributed by atoms with Gasteiger partial charge in [0, 0.05) is 5.02 Å². The van der Waals surface area contributed by atoms with Crippen molar-refractivity contribution in [3.63, 3.8) is 0 Å². The van der Waals surface area contributed by atoms with Gasteiger partial charge in [-0.05, 0) is 36.4 Å². The zero-order valence-electron chi connectivity index (χ0n) is 10.6. The number of nitro groups is 1. The largest absolute Gasteiger partial charge is 0.288 e. The molecule has 0 fully saturated rings. The normalized spacial score (nSPS) is 12.1. The number of nitrogens with zero attached hydrogens (tertiary/aromatic N) is 1. The van der Waals surface area contributed by atoms with Gasteiger partial charge in [-0.25, -0.2) is 8.42 Å². The number of halogens is 1. The zero-order chi connectivity index (χ0) is 15.5. The van der Waals surface area contributed by atoms with Crippen molar-refractivity contribution in [3.8, 4) is 0 Å². The van der Waals surface area contributed by atoms with Crippen molar-refractivity contribution in [2.45, 2.75) is 4.90 Å². The SMILES string of the molecule is O=[N+]([O-])/C(=C/S(=O)(=O)c1ccc(Cl)cc1)c1ccccc1. The van der Waals surface area contributed by atoms with Gasteiger partial charge < -0.3 is 0 Å². The van der Waals surface area contributed by atoms with Gasteiger partial charge in [-0.15, -0.1) is 0 Å². The number of hydrogen-bond acceptors (Lipinski definition) is 4. The molecule has 2 aromatic rings. The lowest BCUT2D eigenvalue weighted by Gasteiger charge is -2.01. The Morgan fingerprint density at radius 2 is 1.62 bits per heavy atom. The summed E-state index contributed by atoms with van der Waals surface area (Å²) in [5, 5.41) is 12.2. The maximum atomic E-state index is 12.2. The minimum absolute atomic E-state index is 0.0535. The average molecular weight is 324 g/mol. The smallest absolute Gasteiger partial charge is 0.258 e. The molecule has 0 aliphatic heterocycles. The lowest BCUT2D eigenvalue weighted by atomic mass is 10.2. The third kappa shape index (κ3) is 3.68. The highest BCUT2D eigenvalue weighted by atomic mass is 35.5. The summed E-state index contributed by atoms with van der Waals surface area (Å²) in [6.07, 6.45) is 0. The van der Waals surface area contributed by atoms with E-state index in [1.54, 1.807) is 18.2 Å². The molecule has 2 rings (SSSR count). The van der Waals surface area contributed by atoms with Crippen molar-refractivity contribution in [1.82, 2.24) is 0 Å². The first kappa shape index (κ1) is 15.2. The standard InChI is InChI=1S/C14H10ClNO4S/c15-12-6-8-13(9-7-12)21(19,20)10-14(16(17)18)11-4-2-1-3-5-11/h1-10H/b14-10+. The second-order valence-electron chi connectivity index (χ2n) is 4.13. The molecule has 0 amide bonds. The highest BCUT2D eigenvalue weighted by Crippen LogP contribution is 2.21. The second kappa shape index (κ2) is 6.07. The van der Waals surface area contributed by atoms with E-state index in [1.165, 1.54) is 36.4 Å². The fraction of sp³-hybridized carbons (Fsp3) is 0. The first-order valence-corrected chi connectivity index (χ1v) is 7.75. The molecule has 21 heavy (non-hydrogen) atoms. The minimum Gasteiger partial charge on any atom is -0.258 e. The van der Waals surface area contributed by atoms with Gasteiger partial charge in [0.05, 0.1) is 15.4 Å². The maximum absolute atomic E-state index is 12.2. The molecule has 0 aliphatic carbocycles. The Bertz CT molecular complexity index is 783. The maximum Gasteiger partial charge on any atom is 0.288 e. The van der Waals surface area contributed by atoms with Crippen molar-refractivity contribution < 1.29 is 13.3 Å². The van der Waals surface area contributed by atoms with E-state index in [1.807, 2.05) is 0 Å². The van der Waals surface area contributed by atoms with Crippen LogP contribution in [-0.2, 0) is 9.84 Å². The highest BCUT2D eigenvalue weighted by Gasteiger charge is 2.21. The molecule has 0 radical (unpaired) electrons. The summed E-state index contributed by atoms with van der Waals surface area (Å²) in [7, 11) is -3.93. The monoisotopic (exact) mass is 323 g/mol. The van der Waals surface area contributed by atoms with Crippen LogP contribution in [0.2, 0.25) is 5.02 Å². The molecule has 2 aromatic carbocycles. The van der Waals surface area contributed by atoms with Crippen LogP contribution in [0.3, 0.4) is 0 Å². The Labute approximate surface area is 126 Å². The second-order valence-corrected chi connectivity index (χ2v) is 6.36. The summed E-state index contributed by atoms with van der Waals surface area (Å²) in [5.41, 5.74) is -0.259. The first-order chi connectivity index (χ1) is 9.90. The molecule has 7 heteroatoms. The number of hydrogen-bond donors (Lipinski definition) is 0. The van der Waals surface area contributed by atoms with Crippen molar-refractivity contribution >= 4 is 27.1 Å². The summed E-state index contributed by atoms with van der Waals surface area (Å²) >= 11 is 5.70. The van der Waals surface area contributed by atoms with Crippen LogP contribution in [0.15, 0.2) is 64.9 Å². The molecular formula is C14H10ClNO4S. The van der Waals surface area contributed by atoms with Crippen molar-refractivity contribution in [2.24, 2.45) is 0 Å². The molecule has 0 saturated heterocycles. The summed E-state index contributed by atoms with van der Waals surface area (Å²) in [4.78, 5) is 10.3. The van der Waals surface area contributed by atoms with Gasteiger partial charge in [-0.1, -0.05) is 29.8 Å². The Hall–Kier alpha value is -2.18. The summed E-state index contributed by atoms with van der Waals surface area (Å²) in [6, 6.07) is 13.3. The lowest BCUT2D eigenvalue weighted by Crippen LogP contribution is -2.03. The van der Waals surface area contributed by atoms with Gasteiger partial charge in [-0.2, -0.15) is 0 Å². The molecule has 0 N–H and O–H groups in total. The fourth-order valence-electron chi connectivity index (χ4n) is 1.66. The van der Waals surface area contributed by atoms with E-state index in [-0.39, 0.29) is 10.5 Å². The lowest BCUT2D eigenvalue weighted by molar-refractivity contribution is -0.375. The van der Waals surface area contributed by atoms with E-state index in [9.17, 15) is 18.5 Å². The van der Waals surface area contributed by atoms with E-state index in [2.05, 4.69) is 0 Å². The zero-order valence-corrected chi connectivity index (χ0v) is 12.2. The van der Waals surface area contributed by atoms with E-state index in [4.69, 9.17) is 11.6 Å². The molecule has 0 spiro atoms. The van der Waals surface area contributed by atoms with Crippen LogP contribution in [0.25, 0.3) is 5.70 Å². The van der Waals surface area contributed by atoms with Gasteiger partial charge in [0.1, 0.15) is 5.41 Å². The number of benzene rings is 2. The van der Waals surface area contributed by atoms with Crippen LogP contribution >= 0.6 is 11.6 Å². The van der Waals surface area contributed by atoms with Crippen LogP contribution in [0.1, 0.15) is 5.56 Å². The van der Waals surface area contributed by atoms with Gasteiger partial charge in [-0.3, -0.25) is 10.1 Å². The summed E-state index contributed by atoms with van der Waals surface area (Å²) in [5.74, 6) is 0. The molecule has 0 bridgehead atoms. The van der Waals surface area contributed by atoms with E-state index in [0.717, 1.165) is 0 Å². The first-order valence-electron chi connectivity index (χ1n) is 5.82. The molecule has 108 valence electrons. The predicted octanol–water partition coefficient (Wildman–Crippen LogP) is 3.39. The van der Waals surface area contributed by atoms with Gasteiger partial charge >= 0.3 is 0 Å². The minimum atomic E-state index is -3.93. The van der Waals surface area contributed by atoms with Crippen molar-refractivity contribution in [2.75, 3.05) is 0 Å². The third-order valence-corrected chi connectivity index (χ3v) is 4.39. The third-order valence-electron chi connectivity index (χ3n) is 2.68. The Morgan fingerprint density at radius 3 is 2.14 bits per heavy atom. The van der Waals surface area contributed by atoms with Crippen LogP contribution in [0.5, 0.6) is 0 Å². The van der Waals surface area contributed by atoms with Crippen molar-refractivity contribution in [1.29, 1.82) is 0 Å². The molecule has 0 aliphatic rings. The van der Waals surface area contributed by atoms with Crippen molar-refractivity contribution in [3.05, 3.63) is 80.7 Å². The molecule has 0 atom stereocenters. The van der Waals surface area contributed by atoms with Crippen LogP contribution in [0, 0.1) is 10.1 Å². The Kier molecular flexibility index (Phi) is 4.40. The quantitative estimate of drug-likeness (QED) is 0.638. The molecule has 0 unspecified atom stereocenters. The topological polar surface area (TPSA) is 77.3 Å².